The first-order valence-corrected chi connectivity index (χ1v) is 9.21. The number of aromatic nitrogens is 5. The molecular formula is C21H20N6O2. The molecule has 0 spiro atoms. The number of rotatable bonds is 5. The number of hydrogen-bond acceptors (Lipinski definition) is 5. The van der Waals surface area contributed by atoms with Crippen molar-refractivity contribution in [2.45, 2.75) is 26.9 Å². The summed E-state index contributed by atoms with van der Waals surface area (Å²) in [4.78, 5) is 29.4. The average molecular weight is 388 g/mol. The molecule has 8 heteroatoms. The number of hydrogen-bond donors (Lipinski definition) is 1. The van der Waals surface area contributed by atoms with E-state index >= 15 is 0 Å². The Morgan fingerprint density at radius 1 is 1.10 bits per heavy atom. The number of anilines is 1. The Morgan fingerprint density at radius 2 is 1.93 bits per heavy atom. The fourth-order valence-corrected chi connectivity index (χ4v) is 3.13. The highest BCUT2D eigenvalue weighted by molar-refractivity contribution is 5.90. The summed E-state index contributed by atoms with van der Waals surface area (Å²) in [5.74, 6) is -0.314. The van der Waals surface area contributed by atoms with Crippen molar-refractivity contribution in [2.75, 3.05) is 5.32 Å². The Bertz CT molecular complexity index is 1260. The summed E-state index contributed by atoms with van der Waals surface area (Å²) in [6.45, 7) is 4.27. The largest absolute Gasteiger partial charge is 0.325 e. The summed E-state index contributed by atoms with van der Waals surface area (Å²) < 4.78 is 2.83. The van der Waals surface area contributed by atoms with Crippen LogP contribution < -0.4 is 10.9 Å². The summed E-state index contributed by atoms with van der Waals surface area (Å²) in [6, 6.07) is 15.4. The molecule has 1 amide bonds. The quantitative estimate of drug-likeness (QED) is 0.566. The lowest BCUT2D eigenvalue weighted by atomic mass is 10.1. The molecule has 0 saturated heterocycles. The number of benzene rings is 2. The van der Waals surface area contributed by atoms with Crippen LogP contribution in [0.1, 0.15) is 16.7 Å². The van der Waals surface area contributed by atoms with E-state index in [-0.39, 0.29) is 18.0 Å². The highest BCUT2D eigenvalue weighted by Gasteiger charge is 2.14. The van der Waals surface area contributed by atoms with Crippen LogP contribution >= 0.6 is 0 Å². The van der Waals surface area contributed by atoms with Gasteiger partial charge >= 0.3 is 0 Å². The molecule has 2 aromatic carbocycles. The van der Waals surface area contributed by atoms with Gasteiger partial charge in [0, 0.05) is 5.69 Å². The van der Waals surface area contributed by atoms with Gasteiger partial charge < -0.3 is 5.32 Å². The van der Waals surface area contributed by atoms with E-state index in [0.717, 1.165) is 16.7 Å². The van der Waals surface area contributed by atoms with Crippen LogP contribution in [0.4, 0.5) is 5.69 Å². The zero-order valence-electron chi connectivity index (χ0n) is 16.2. The number of amides is 1. The van der Waals surface area contributed by atoms with Crippen LogP contribution in [-0.2, 0) is 17.9 Å². The first-order valence-electron chi connectivity index (χ1n) is 9.21. The molecule has 0 fully saturated rings. The van der Waals surface area contributed by atoms with Gasteiger partial charge in [-0.1, -0.05) is 41.6 Å². The predicted molar refractivity (Wildman–Crippen MR) is 110 cm³/mol. The lowest BCUT2D eigenvalue weighted by molar-refractivity contribution is -0.116. The van der Waals surface area contributed by atoms with Gasteiger partial charge in [0.25, 0.3) is 5.56 Å². The minimum absolute atomic E-state index is 0.143. The number of nitrogens with zero attached hydrogens (tertiary/aromatic N) is 5. The monoisotopic (exact) mass is 388 g/mol. The van der Waals surface area contributed by atoms with Crippen molar-refractivity contribution in [1.29, 1.82) is 0 Å². The van der Waals surface area contributed by atoms with Crippen LogP contribution in [0.25, 0.3) is 11.2 Å². The summed E-state index contributed by atoms with van der Waals surface area (Å²) in [5, 5.41) is 10.9. The van der Waals surface area contributed by atoms with Gasteiger partial charge in [-0.2, -0.15) is 0 Å². The van der Waals surface area contributed by atoms with Crippen LogP contribution in [0.15, 0.2) is 59.7 Å². The molecular weight excluding hydrogens is 368 g/mol. The zero-order chi connectivity index (χ0) is 20.4. The van der Waals surface area contributed by atoms with Gasteiger partial charge in [0.1, 0.15) is 12.9 Å². The molecule has 8 nitrogen and oxygen atoms in total. The van der Waals surface area contributed by atoms with Gasteiger partial charge in [-0.05, 0) is 42.7 Å². The molecule has 0 saturated carbocycles. The predicted octanol–water partition coefficient (Wildman–Crippen LogP) is 2.29. The Hall–Kier alpha value is -3.81. The number of fused-ring (bicyclic) bond motifs is 1. The highest BCUT2D eigenvalue weighted by Crippen LogP contribution is 2.12. The lowest BCUT2D eigenvalue weighted by Gasteiger charge is -2.08. The minimum atomic E-state index is -0.398. The van der Waals surface area contributed by atoms with Crippen molar-refractivity contribution in [1.82, 2.24) is 24.5 Å². The second-order valence-electron chi connectivity index (χ2n) is 6.94. The van der Waals surface area contributed by atoms with Crippen LogP contribution in [0.5, 0.6) is 0 Å². The van der Waals surface area contributed by atoms with Crippen molar-refractivity contribution in [3.8, 4) is 0 Å². The van der Waals surface area contributed by atoms with E-state index in [4.69, 9.17) is 0 Å². The fourth-order valence-electron chi connectivity index (χ4n) is 3.13. The molecule has 0 aliphatic heterocycles. The second kappa shape index (κ2) is 7.67. The SMILES string of the molecule is Cc1cccc(NC(=O)Cn2cnc3c(nnn3Cc3ccccc3C)c2=O)c1. The number of carbonyl (C=O) groups excluding carboxylic acids is 1. The third kappa shape index (κ3) is 3.91. The number of nitrogens with one attached hydrogen (secondary N) is 1. The third-order valence-corrected chi connectivity index (χ3v) is 4.69. The van der Waals surface area contributed by atoms with Gasteiger partial charge in [0.15, 0.2) is 11.2 Å². The van der Waals surface area contributed by atoms with E-state index in [1.807, 2.05) is 56.3 Å². The topological polar surface area (TPSA) is 94.7 Å². The number of aryl methyl sites for hydroxylation is 2. The molecule has 2 heterocycles. The molecule has 0 aliphatic rings. The summed E-state index contributed by atoms with van der Waals surface area (Å²) >= 11 is 0. The maximum absolute atomic E-state index is 12.7. The third-order valence-electron chi connectivity index (χ3n) is 4.69. The van der Waals surface area contributed by atoms with Crippen LogP contribution in [0, 0.1) is 13.8 Å². The molecule has 1 N–H and O–H groups in total. The molecule has 4 aromatic rings. The molecule has 0 aliphatic carbocycles. The normalized spacial score (nSPS) is 11.0. The summed E-state index contributed by atoms with van der Waals surface area (Å²) in [6.07, 6.45) is 1.36. The van der Waals surface area contributed by atoms with Gasteiger partial charge in [0.05, 0.1) is 6.54 Å². The summed E-state index contributed by atoms with van der Waals surface area (Å²) in [7, 11) is 0. The molecule has 2 aromatic heterocycles. The molecule has 0 atom stereocenters. The molecule has 0 radical (unpaired) electrons. The summed E-state index contributed by atoms with van der Waals surface area (Å²) in [5.41, 5.74) is 4.05. The Kier molecular flexibility index (Phi) is 4.90. The smallest absolute Gasteiger partial charge is 0.283 e. The fraction of sp³-hybridized carbons (Fsp3) is 0.190. The van der Waals surface area contributed by atoms with Crippen LogP contribution in [0.3, 0.4) is 0 Å². The van der Waals surface area contributed by atoms with Gasteiger partial charge in [-0.25, -0.2) is 9.67 Å². The van der Waals surface area contributed by atoms with Gasteiger partial charge in [-0.15, -0.1) is 5.10 Å². The van der Waals surface area contributed by atoms with E-state index in [1.54, 1.807) is 10.7 Å². The minimum Gasteiger partial charge on any atom is -0.325 e. The standard InChI is InChI=1S/C21H20N6O2/c1-14-6-5-9-17(10-14)23-18(28)12-26-13-22-20-19(21(26)29)24-25-27(20)11-16-8-4-3-7-15(16)2/h3-10,13H,11-12H2,1-2H3,(H,23,28). The van der Waals surface area contributed by atoms with E-state index in [2.05, 4.69) is 20.6 Å². The zero-order valence-corrected chi connectivity index (χ0v) is 16.2. The Labute approximate surface area is 166 Å². The van der Waals surface area contributed by atoms with Crippen molar-refractivity contribution in [3.05, 3.63) is 81.9 Å². The van der Waals surface area contributed by atoms with Gasteiger partial charge in [0.2, 0.25) is 5.91 Å². The second-order valence-corrected chi connectivity index (χ2v) is 6.94. The van der Waals surface area contributed by atoms with E-state index in [1.165, 1.54) is 10.9 Å². The van der Waals surface area contributed by atoms with E-state index < -0.39 is 5.56 Å². The first kappa shape index (κ1) is 18.5. The number of carbonyl (C=O) groups is 1. The van der Waals surface area contributed by atoms with Crippen LogP contribution in [-0.4, -0.2) is 30.5 Å². The van der Waals surface area contributed by atoms with Crippen molar-refractivity contribution in [3.63, 3.8) is 0 Å². The van der Waals surface area contributed by atoms with Crippen molar-refractivity contribution < 1.29 is 4.79 Å². The molecule has 146 valence electrons. The van der Waals surface area contributed by atoms with E-state index in [0.29, 0.717) is 17.9 Å². The van der Waals surface area contributed by atoms with Crippen LogP contribution in [0.2, 0.25) is 0 Å². The first-order chi connectivity index (χ1) is 14.0. The Balaban J connectivity index is 1.56. The highest BCUT2D eigenvalue weighted by atomic mass is 16.2. The van der Waals surface area contributed by atoms with E-state index in [9.17, 15) is 9.59 Å². The maximum atomic E-state index is 12.7. The van der Waals surface area contributed by atoms with Gasteiger partial charge in [-0.3, -0.25) is 14.2 Å². The molecule has 0 bridgehead atoms. The van der Waals surface area contributed by atoms with Crippen molar-refractivity contribution >= 4 is 22.8 Å². The molecule has 29 heavy (non-hydrogen) atoms. The lowest BCUT2D eigenvalue weighted by Crippen LogP contribution is -2.28. The maximum Gasteiger partial charge on any atom is 0.283 e. The Morgan fingerprint density at radius 3 is 2.72 bits per heavy atom. The average Bonchev–Trinajstić information content (AvgIpc) is 3.09. The molecule has 4 rings (SSSR count). The molecule has 0 unspecified atom stereocenters. The van der Waals surface area contributed by atoms with Crippen molar-refractivity contribution in [2.24, 2.45) is 0 Å².